The molecule has 0 saturated carbocycles. The van der Waals surface area contributed by atoms with Gasteiger partial charge in [0.2, 0.25) is 0 Å². The molecule has 2 atom stereocenters. The van der Waals surface area contributed by atoms with Crippen LogP contribution in [0.1, 0.15) is 30.6 Å². The van der Waals surface area contributed by atoms with Crippen molar-refractivity contribution in [3.8, 4) is 5.75 Å². The molecule has 0 bridgehead atoms. The van der Waals surface area contributed by atoms with Crippen LogP contribution in [0.4, 0.5) is 0 Å². The summed E-state index contributed by atoms with van der Waals surface area (Å²) in [6.07, 6.45) is 2.46. The number of hydrogen-bond donors (Lipinski definition) is 0. The molecule has 1 aliphatic rings. The van der Waals surface area contributed by atoms with Crippen LogP contribution in [-0.4, -0.2) is 49.6 Å². The third kappa shape index (κ3) is 4.62. The van der Waals surface area contributed by atoms with Crippen LogP contribution in [0.15, 0.2) is 24.3 Å². The van der Waals surface area contributed by atoms with Crippen LogP contribution in [0.5, 0.6) is 5.75 Å². The Labute approximate surface area is 120 Å². The Kier molecular flexibility index (Phi) is 5.56. The Bertz CT molecular complexity index is 408. The van der Waals surface area contributed by atoms with E-state index in [9.17, 15) is 4.79 Å². The fraction of sp³-hybridized carbons (Fsp3) is 0.562. The topological polar surface area (TPSA) is 38.8 Å². The van der Waals surface area contributed by atoms with Crippen LogP contribution in [0.2, 0.25) is 0 Å². The third-order valence-corrected chi connectivity index (χ3v) is 3.40. The number of benzene rings is 1. The van der Waals surface area contributed by atoms with Crippen molar-refractivity contribution in [2.24, 2.45) is 0 Å². The maximum Gasteiger partial charge on any atom is 0.150 e. The van der Waals surface area contributed by atoms with Crippen LogP contribution in [0.3, 0.4) is 0 Å². The highest BCUT2D eigenvalue weighted by atomic mass is 16.5. The first kappa shape index (κ1) is 15.0. The van der Waals surface area contributed by atoms with E-state index in [2.05, 4.69) is 18.7 Å². The molecule has 0 aliphatic carbocycles. The van der Waals surface area contributed by atoms with Gasteiger partial charge in [-0.25, -0.2) is 0 Å². The Morgan fingerprint density at radius 2 is 1.90 bits per heavy atom. The van der Waals surface area contributed by atoms with E-state index in [-0.39, 0.29) is 0 Å². The van der Waals surface area contributed by atoms with Crippen molar-refractivity contribution in [3.63, 3.8) is 0 Å². The standard InChI is InChI=1S/C16H23NO3/c1-13-10-17(11-14(2)20-13)8-3-9-19-16-6-4-15(12-18)5-7-16/h4-7,12-14H,3,8-11H2,1-2H3/t13-,14-/m0/s1. The lowest BCUT2D eigenvalue weighted by molar-refractivity contribution is -0.0686. The minimum Gasteiger partial charge on any atom is -0.494 e. The van der Waals surface area contributed by atoms with E-state index < -0.39 is 0 Å². The first-order chi connectivity index (χ1) is 9.67. The van der Waals surface area contributed by atoms with Crippen molar-refractivity contribution in [1.82, 2.24) is 4.90 Å². The van der Waals surface area contributed by atoms with E-state index in [0.717, 1.165) is 38.1 Å². The maximum absolute atomic E-state index is 10.5. The lowest BCUT2D eigenvalue weighted by atomic mass is 10.2. The van der Waals surface area contributed by atoms with Crippen LogP contribution in [-0.2, 0) is 4.74 Å². The molecule has 0 N–H and O–H groups in total. The first-order valence-corrected chi connectivity index (χ1v) is 7.23. The highest BCUT2D eigenvalue weighted by Crippen LogP contribution is 2.13. The van der Waals surface area contributed by atoms with Gasteiger partial charge in [-0.05, 0) is 44.5 Å². The molecule has 0 radical (unpaired) electrons. The van der Waals surface area contributed by atoms with Gasteiger partial charge in [0.1, 0.15) is 12.0 Å². The van der Waals surface area contributed by atoms with Gasteiger partial charge in [0.15, 0.2) is 0 Å². The van der Waals surface area contributed by atoms with Gasteiger partial charge in [-0.3, -0.25) is 9.69 Å². The summed E-state index contributed by atoms with van der Waals surface area (Å²) < 4.78 is 11.4. The number of aldehydes is 1. The van der Waals surface area contributed by atoms with E-state index in [1.54, 1.807) is 12.1 Å². The van der Waals surface area contributed by atoms with Crippen LogP contribution in [0.25, 0.3) is 0 Å². The largest absolute Gasteiger partial charge is 0.494 e. The highest BCUT2D eigenvalue weighted by molar-refractivity contribution is 5.74. The molecular weight excluding hydrogens is 254 g/mol. The Balaban J connectivity index is 1.66. The maximum atomic E-state index is 10.5. The zero-order valence-corrected chi connectivity index (χ0v) is 12.2. The molecule has 0 unspecified atom stereocenters. The monoisotopic (exact) mass is 277 g/mol. The number of carbonyl (C=O) groups is 1. The molecule has 2 rings (SSSR count). The van der Waals surface area contributed by atoms with Crippen molar-refractivity contribution < 1.29 is 14.3 Å². The zero-order valence-electron chi connectivity index (χ0n) is 12.2. The molecule has 0 amide bonds. The van der Waals surface area contributed by atoms with E-state index in [4.69, 9.17) is 9.47 Å². The molecule has 1 aromatic carbocycles. The molecule has 1 heterocycles. The van der Waals surface area contributed by atoms with Crippen LogP contribution < -0.4 is 4.74 Å². The van der Waals surface area contributed by atoms with Gasteiger partial charge in [-0.15, -0.1) is 0 Å². The van der Waals surface area contributed by atoms with Crippen molar-refractivity contribution in [1.29, 1.82) is 0 Å². The lowest BCUT2D eigenvalue weighted by Crippen LogP contribution is -2.45. The molecule has 0 aromatic heterocycles. The number of nitrogens with zero attached hydrogens (tertiary/aromatic N) is 1. The number of hydrogen-bond acceptors (Lipinski definition) is 4. The fourth-order valence-corrected chi connectivity index (χ4v) is 2.59. The van der Waals surface area contributed by atoms with Gasteiger partial charge in [0.05, 0.1) is 18.8 Å². The summed E-state index contributed by atoms with van der Waals surface area (Å²) >= 11 is 0. The summed E-state index contributed by atoms with van der Waals surface area (Å²) in [7, 11) is 0. The Morgan fingerprint density at radius 1 is 1.25 bits per heavy atom. The van der Waals surface area contributed by atoms with Crippen molar-refractivity contribution >= 4 is 6.29 Å². The average Bonchev–Trinajstić information content (AvgIpc) is 2.43. The van der Waals surface area contributed by atoms with E-state index >= 15 is 0 Å². The van der Waals surface area contributed by atoms with E-state index in [1.165, 1.54) is 0 Å². The Hall–Kier alpha value is -1.39. The summed E-state index contributed by atoms with van der Waals surface area (Å²) in [5, 5.41) is 0. The summed E-state index contributed by atoms with van der Waals surface area (Å²) in [4.78, 5) is 13.0. The molecule has 110 valence electrons. The van der Waals surface area contributed by atoms with Gasteiger partial charge in [-0.2, -0.15) is 0 Å². The molecule has 1 aromatic rings. The number of rotatable bonds is 6. The van der Waals surface area contributed by atoms with Gasteiger partial charge < -0.3 is 9.47 Å². The van der Waals surface area contributed by atoms with Crippen LogP contribution >= 0.6 is 0 Å². The number of ether oxygens (including phenoxy) is 2. The molecule has 1 fully saturated rings. The molecule has 1 saturated heterocycles. The van der Waals surface area contributed by atoms with E-state index in [1.807, 2.05) is 12.1 Å². The molecule has 1 aliphatic heterocycles. The van der Waals surface area contributed by atoms with Crippen molar-refractivity contribution in [2.45, 2.75) is 32.5 Å². The minimum atomic E-state index is 0.315. The van der Waals surface area contributed by atoms with Gasteiger partial charge in [0.25, 0.3) is 0 Å². The molecule has 4 nitrogen and oxygen atoms in total. The quantitative estimate of drug-likeness (QED) is 0.591. The molecule has 20 heavy (non-hydrogen) atoms. The van der Waals surface area contributed by atoms with Crippen LogP contribution in [0, 0.1) is 0 Å². The smallest absolute Gasteiger partial charge is 0.150 e. The lowest BCUT2D eigenvalue weighted by Gasteiger charge is -2.35. The van der Waals surface area contributed by atoms with Gasteiger partial charge in [0, 0.05) is 25.2 Å². The number of morpholine rings is 1. The summed E-state index contributed by atoms with van der Waals surface area (Å²) in [6, 6.07) is 7.21. The first-order valence-electron chi connectivity index (χ1n) is 7.23. The minimum absolute atomic E-state index is 0.315. The SMILES string of the molecule is C[C@H]1CN(CCCOc2ccc(C=O)cc2)C[C@H](C)O1. The Morgan fingerprint density at radius 3 is 2.50 bits per heavy atom. The summed E-state index contributed by atoms with van der Waals surface area (Å²) in [5.74, 6) is 0.819. The van der Waals surface area contributed by atoms with Gasteiger partial charge >= 0.3 is 0 Å². The van der Waals surface area contributed by atoms with Crippen molar-refractivity contribution in [3.05, 3.63) is 29.8 Å². The second-order valence-electron chi connectivity index (χ2n) is 5.41. The fourth-order valence-electron chi connectivity index (χ4n) is 2.59. The average molecular weight is 277 g/mol. The molecular formula is C16H23NO3. The molecule has 4 heteroatoms. The summed E-state index contributed by atoms with van der Waals surface area (Å²) in [6.45, 7) is 7.96. The van der Waals surface area contributed by atoms with Gasteiger partial charge in [-0.1, -0.05) is 0 Å². The highest BCUT2D eigenvalue weighted by Gasteiger charge is 2.21. The second kappa shape index (κ2) is 7.41. The zero-order chi connectivity index (χ0) is 14.4. The van der Waals surface area contributed by atoms with E-state index in [0.29, 0.717) is 24.4 Å². The van der Waals surface area contributed by atoms with Crippen molar-refractivity contribution in [2.75, 3.05) is 26.2 Å². The predicted octanol–water partition coefficient (Wildman–Crippen LogP) is 2.38. The second-order valence-corrected chi connectivity index (χ2v) is 5.41. The normalized spacial score (nSPS) is 23.5. The number of carbonyl (C=O) groups excluding carboxylic acids is 1. The third-order valence-electron chi connectivity index (χ3n) is 3.40. The predicted molar refractivity (Wildman–Crippen MR) is 78.4 cm³/mol. The summed E-state index contributed by atoms with van der Waals surface area (Å²) in [5.41, 5.74) is 0.675. The molecule has 0 spiro atoms.